The third-order valence-electron chi connectivity index (χ3n) is 3.04. The van der Waals surface area contributed by atoms with Crippen molar-refractivity contribution in [1.29, 1.82) is 0 Å². The summed E-state index contributed by atoms with van der Waals surface area (Å²) in [6.45, 7) is 3.75. The van der Waals surface area contributed by atoms with E-state index in [1.165, 1.54) is 25.8 Å². The molecule has 0 bridgehead atoms. The molecule has 2 rings (SSSR count). The molecular weight excluding hydrogens is 439 g/mol. The highest BCUT2D eigenvalue weighted by Gasteiger charge is 2.39. The second-order valence-electron chi connectivity index (χ2n) is 4.46. The third-order valence-corrected chi connectivity index (χ3v) is 4.22. The average Bonchev–Trinajstić information content (AvgIpc) is 2.51. The molecule has 0 fully saturated rings. The highest BCUT2D eigenvalue weighted by atomic mass is 35.6. The Labute approximate surface area is 168 Å². The zero-order valence-corrected chi connectivity index (χ0v) is 16.6. The maximum atomic E-state index is 6.16. The zero-order valence-electron chi connectivity index (χ0n) is 12.0. The fourth-order valence-corrected chi connectivity index (χ4v) is 3.11. The number of alkyl halides is 6. The number of halogens is 6. The molecular formula is C14H9Cl6N3O. The van der Waals surface area contributed by atoms with Crippen LogP contribution in [-0.4, -0.2) is 22.1 Å². The fraction of sp³-hybridized carbons (Fsp3) is 0.214. The summed E-state index contributed by atoms with van der Waals surface area (Å²) >= 11 is 36.6. The van der Waals surface area contributed by atoms with E-state index in [1.807, 2.05) is 0 Å². The summed E-state index contributed by atoms with van der Waals surface area (Å²) < 4.78 is 1.66. The van der Waals surface area contributed by atoms with Gasteiger partial charge in [-0.25, -0.2) is 15.0 Å². The van der Waals surface area contributed by atoms with Gasteiger partial charge in [-0.3, -0.25) is 0 Å². The number of benzene rings is 1. The lowest BCUT2D eigenvalue weighted by atomic mass is 9.96. The highest BCUT2D eigenvalue weighted by Crippen LogP contribution is 2.54. The summed E-state index contributed by atoms with van der Waals surface area (Å²) in [5, 5.41) is 0. The van der Waals surface area contributed by atoms with Crippen molar-refractivity contribution in [2.75, 3.05) is 7.11 Å². The Morgan fingerprint density at radius 3 is 2.04 bits per heavy atom. The van der Waals surface area contributed by atoms with Gasteiger partial charge in [0.2, 0.25) is 7.59 Å². The SMILES string of the molecule is C=Cc1cc(C(Cl)(Cl)Cl)c(OC)c(C(Cl)(Cl)Cl)c1-c1ncncn1. The minimum Gasteiger partial charge on any atom is -0.496 e. The molecule has 0 saturated heterocycles. The van der Waals surface area contributed by atoms with E-state index < -0.39 is 7.59 Å². The summed E-state index contributed by atoms with van der Waals surface area (Å²) in [4.78, 5) is 12.0. The van der Waals surface area contributed by atoms with Gasteiger partial charge in [0.05, 0.1) is 12.7 Å². The van der Waals surface area contributed by atoms with Crippen molar-refractivity contribution in [3.8, 4) is 17.1 Å². The monoisotopic (exact) mass is 445 g/mol. The first-order valence-electron chi connectivity index (χ1n) is 6.25. The summed E-state index contributed by atoms with van der Waals surface area (Å²) in [6.07, 6.45) is 4.14. The molecule has 1 aromatic carbocycles. The van der Waals surface area contributed by atoms with Crippen LogP contribution >= 0.6 is 69.6 Å². The van der Waals surface area contributed by atoms with Gasteiger partial charge in [0.1, 0.15) is 18.4 Å². The Morgan fingerprint density at radius 1 is 1.04 bits per heavy atom. The van der Waals surface area contributed by atoms with Crippen LogP contribution in [0.1, 0.15) is 16.7 Å². The quantitative estimate of drug-likeness (QED) is 0.554. The Morgan fingerprint density at radius 2 is 1.62 bits per heavy atom. The van der Waals surface area contributed by atoms with Crippen molar-refractivity contribution in [3.63, 3.8) is 0 Å². The van der Waals surface area contributed by atoms with Crippen LogP contribution in [0.25, 0.3) is 17.5 Å². The van der Waals surface area contributed by atoms with Gasteiger partial charge < -0.3 is 4.74 Å². The van der Waals surface area contributed by atoms with Crippen molar-refractivity contribution in [2.24, 2.45) is 0 Å². The van der Waals surface area contributed by atoms with E-state index >= 15 is 0 Å². The minimum absolute atomic E-state index is 0.107. The first-order chi connectivity index (χ1) is 11.1. The standard InChI is InChI=1S/C14H9Cl6N3O/c1-3-7-4-8(13(15,16)17)11(24-2)10(14(18,19)20)9(7)12-22-5-21-6-23-12/h3-6H,1H2,2H3. The van der Waals surface area contributed by atoms with Crippen molar-refractivity contribution >= 4 is 75.7 Å². The topological polar surface area (TPSA) is 47.9 Å². The van der Waals surface area contributed by atoms with Crippen LogP contribution in [0.3, 0.4) is 0 Å². The molecule has 4 nitrogen and oxygen atoms in total. The van der Waals surface area contributed by atoms with E-state index in [1.54, 1.807) is 6.07 Å². The Kier molecular flexibility index (Phi) is 6.12. The van der Waals surface area contributed by atoms with Gasteiger partial charge in [-0.2, -0.15) is 0 Å². The number of hydrogen-bond donors (Lipinski definition) is 0. The summed E-state index contributed by atoms with van der Waals surface area (Å²) in [6, 6.07) is 1.57. The molecule has 0 aliphatic carbocycles. The number of hydrogen-bond acceptors (Lipinski definition) is 4. The molecule has 0 N–H and O–H groups in total. The molecule has 0 atom stereocenters. The molecule has 0 radical (unpaired) electrons. The van der Waals surface area contributed by atoms with Crippen LogP contribution in [0.15, 0.2) is 25.3 Å². The highest BCUT2D eigenvalue weighted by molar-refractivity contribution is 6.68. The minimum atomic E-state index is -1.91. The van der Waals surface area contributed by atoms with Gasteiger partial charge in [-0.15, -0.1) is 0 Å². The lowest BCUT2D eigenvalue weighted by molar-refractivity contribution is 0.406. The molecule has 0 amide bonds. The van der Waals surface area contributed by atoms with E-state index in [-0.39, 0.29) is 22.7 Å². The molecule has 24 heavy (non-hydrogen) atoms. The van der Waals surface area contributed by atoms with Crippen molar-refractivity contribution in [1.82, 2.24) is 15.0 Å². The zero-order chi connectivity index (χ0) is 18.1. The molecule has 0 aliphatic rings. The number of rotatable bonds is 3. The van der Waals surface area contributed by atoms with Crippen LogP contribution in [0.5, 0.6) is 5.75 Å². The molecule has 1 aromatic heterocycles. The largest absolute Gasteiger partial charge is 0.496 e. The third kappa shape index (κ3) is 4.01. The molecule has 10 heteroatoms. The second kappa shape index (κ2) is 7.40. The first kappa shape index (κ1) is 19.8. The van der Waals surface area contributed by atoms with Gasteiger partial charge in [0.25, 0.3) is 0 Å². The van der Waals surface area contributed by atoms with Crippen molar-refractivity contribution in [3.05, 3.63) is 42.0 Å². The van der Waals surface area contributed by atoms with Gasteiger partial charge in [0.15, 0.2) is 5.82 Å². The summed E-state index contributed by atoms with van der Waals surface area (Å²) in [5.74, 6) is 0.367. The van der Waals surface area contributed by atoms with Gasteiger partial charge >= 0.3 is 0 Å². The molecule has 0 aliphatic heterocycles. The van der Waals surface area contributed by atoms with E-state index in [0.717, 1.165) is 0 Å². The Balaban J connectivity index is 3.01. The van der Waals surface area contributed by atoms with Gasteiger partial charge in [0, 0.05) is 11.1 Å². The maximum Gasteiger partial charge on any atom is 0.220 e. The predicted octanol–water partition coefficient (Wildman–Crippen LogP) is 5.84. The molecule has 2 aromatic rings. The smallest absolute Gasteiger partial charge is 0.220 e. The summed E-state index contributed by atoms with van der Waals surface area (Å²) in [5.41, 5.74) is 1.23. The summed E-state index contributed by atoms with van der Waals surface area (Å²) in [7, 11) is 1.37. The normalized spacial score (nSPS) is 12.1. The van der Waals surface area contributed by atoms with Crippen LogP contribution in [0.4, 0.5) is 0 Å². The maximum absolute atomic E-state index is 6.16. The van der Waals surface area contributed by atoms with Crippen molar-refractivity contribution < 1.29 is 4.74 Å². The number of methoxy groups -OCH3 is 1. The number of aromatic nitrogens is 3. The first-order valence-corrected chi connectivity index (χ1v) is 8.52. The lowest BCUT2D eigenvalue weighted by Gasteiger charge is -2.26. The number of nitrogens with zero attached hydrogens (tertiary/aromatic N) is 3. The van der Waals surface area contributed by atoms with Crippen LogP contribution in [-0.2, 0) is 7.59 Å². The van der Waals surface area contributed by atoms with Gasteiger partial charge in [-0.1, -0.05) is 82.3 Å². The average molecular weight is 448 g/mol. The lowest BCUT2D eigenvalue weighted by Crippen LogP contribution is -2.14. The van der Waals surface area contributed by atoms with E-state index in [2.05, 4.69) is 21.5 Å². The second-order valence-corrected chi connectivity index (χ2v) is 9.02. The molecule has 0 saturated carbocycles. The Bertz CT molecular complexity index is 756. The van der Waals surface area contributed by atoms with E-state index in [4.69, 9.17) is 74.3 Å². The molecule has 0 spiro atoms. The van der Waals surface area contributed by atoms with Crippen molar-refractivity contribution in [2.45, 2.75) is 7.59 Å². The van der Waals surface area contributed by atoms with Crippen LogP contribution in [0, 0.1) is 0 Å². The van der Waals surface area contributed by atoms with E-state index in [9.17, 15) is 0 Å². The molecule has 128 valence electrons. The fourth-order valence-electron chi connectivity index (χ4n) is 2.15. The van der Waals surface area contributed by atoms with Gasteiger partial charge in [-0.05, 0) is 11.6 Å². The Hall–Kier alpha value is -0.490. The molecule has 0 unspecified atom stereocenters. The van der Waals surface area contributed by atoms with Crippen LogP contribution < -0.4 is 4.74 Å². The van der Waals surface area contributed by atoms with E-state index in [0.29, 0.717) is 11.1 Å². The molecule has 1 heterocycles. The predicted molar refractivity (Wildman–Crippen MR) is 100 cm³/mol. The number of ether oxygens (including phenoxy) is 1. The van der Waals surface area contributed by atoms with Crippen LogP contribution in [0.2, 0.25) is 0 Å².